The predicted molar refractivity (Wildman–Crippen MR) is 99.5 cm³/mol. The van der Waals surface area contributed by atoms with Gasteiger partial charge in [-0.2, -0.15) is 4.37 Å². The van der Waals surface area contributed by atoms with Gasteiger partial charge in [0.1, 0.15) is 0 Å². The smallest absolute Gasteiger partial charge is 0.216 e. The maximum absolute atomic E-state index is 12.7. The maximum atomic E-state index is 12.7. The average molecular weight is 366 g/mol. The van der Waals surface area contributed by atoms with Crippen LogP contribution in [0.15, 0.2) is 76.0 Å². The number of fused-ring (bicyclic) bond motifs is 1. The molecule has 1 aromatic heterocycles. The van der Waals surface area contributed by atoms with Crippen LogP contribution in [-0.4, -0.2) is 17.8 Å². The largest absolute Gasteiger partial charge is 0.235 e. The van der Waals surface area contributed by atoms with Gasteiger partial charge in [0.25, 0.3) is 0 Å². The summed E-state index contributed by atoms with van der Waals surface area (Å²) in [5.41, 5.74) is 1.81. The third-order valence-corrected chi connectivity index (χ3v) is 6.81. The molecule has 4 nitrogen and oxygen atoms in total. The average Bonchev–Trinajstić information content (AvgIpc) is 3.13. The molecule has 3 aromatic carbocycles. The van der Waals surface area contributed by atoms with E-state index in [9.17, 15) is 8.42 Å². The molecule has 0 radical (unpaired) electrons. The fourth-order valence-electron chi connectivity index (χ4n) is 2.58. The van der Waals surface area contributed by atoms with Crippen LogP contribution in [0.1, 0.15) is 5.56 Å². The number of hydrogen-bond donors (Lipinski definition) is 0. The van der Waals surface area contributed by atoms with Crippen LogP contribution in [0.3, 0.4) is 0 Å². The molecule has 25 heavy (non-hydrogen) atoms. The molecule has 0 saturated carbocycles. The Bertz CT molecular complexity index is 1160. The van der Waals surface area contributed by atoms with Crippen molar-refractivity contribution < 1.29 is 8.42 Å². The van der Waals surface area contributed by atoms with E-state index in [1.165, 1.54) is 0 Å². The lowest BCUT2D eigenvalue weighted by Gasteiger charge is -2.01. The van der Waals surface area contributed by atoms with E-state index in [0.29, 0.717) is 5.82 Å². The molecule has 0 aliphatic rings. The molecule has 0 N–H and O–H groups in total. The molecule has 0 fully saturated rings. The number of benzene rings is 3. The summed E-state index contributed by atoms with van der Waals surface area (Å²) in [6, 6.07) is 20.6. The summed E-state index contributed by atoms with van der Waals surface area (Å²) < 4.78 is 29.7. The first kappa shape index (κ1) is 15.9. The first-order valence-corrected chi connectivity index (χ1v) is 9.94. The van der Waals surface area contributed by atoms with Crippen molar-refractivity contribution in [2.75, 3.05) is 0 Å². The van der Waals surface area contributed by atoms with Gasteiger partial charge in [0.15, 0.2) is 5.82 Å². The molecular weight excluding hydrogens is 352 g/mol. The fourth-order valence-corrected chi connectivity index (χ4v) is 4.72. The van der Waals surface area contributed by atoms with Crippen molar-refractivity contribution in [3.63, 3.8) is 0 Å². The lowest BCUT2D eigenvalue weighted by molar-refractivity contribution is 0.595. The Balaban J connectivity index is 1.75. The predicted octanol–water partition coefficient (Wildman–Crippen LogP) is 4.50. The Kier molecular flexibility index (Phi) is 3.86. The Labute approximate surface area is 149 Å². The second-order valence-corrected chi connectivity index (χ2v) is 8.64. The summed E-state index contributed by atoms with van der Waals surface area (Å²) in [7, 11) is -3.64. The molecule has 0 atom stereocenters. The summed E-state index contributed by atoms with van der Waals surface area (Å²) in [5.74, 6) is 0.432. The number of aryl methyl sites for hydroxylation is 1. The molecule has 0 bridgehead atoms. The van der Waals surface area contributed by atoms with Gasteiger partial charge in [0, 0.05) is 5.56 Å². The zero-order chi connectivity index (χ0) is 17.4. The first-order chi connectivity index (χ1) is 12.0. The van der Waals surface area contributed by atoms with Crippen molar-refractivity contribution in [1.29, 1.82) is 0 Å². The summed E-state index contributed by atoms with van der Waals surface area (Å²) >= 11 is 0.907. The normalized spacial score (nSPS) is 11.7. The van der Waals surface area contributed by atoms with E-state index in [1.54, 1.807) is 24.3 Å². The highest BCUT2D eigenvalue weighted by atomic mass is 32.2. The second kappa shape index (κ2) is 6.06. The molecule has 124 valence electrons. The molecule has 6 heteroatoms. The number of sulfone groups is 1. The minimum Gasteiger partial charge on any atom is -0.216 e. The van der Waals surface area contributed by atoms with Crippen molar-refractivity contribution in [2.45, 2.75) is 16.2 Å². The molecule has 4 aromatic rings. The number of nitrogens with zero attached hydrogens (tertiary/aromatic N) is 2. The lowest BCUT2D eigenvalue weighted by Crippen LogP contribution is -2.01. The highest BCUT2D eigenvalue weighted by Crippen LogP contribution is 2.28. The van der Waals surface area contributed by atoms with Crippen LogP contribution in [0.25, 0.3) is 22.2 Å². The van der Waals surface area contributed by atoms with Crippen LogP contribution in [0, 0.1) is 6.92 Å². The van der Waals surface area contributed by atoms with Crippen LogP contribution in [0.5, 0.6) is 0 Å². The molecular formula is C19H14N2O2S2. The van der Waals surface area contributed by atoms with Gasteiger partial charge in [0.05, 0.1) is 4.90 Å². The minimum absolute atomic E-state index is 0.0134. The second-order valence-electron chi connectivity index (χ2n) is 5.76. The van der Waals surface area contributed by atoms with Crippen LogP contribution in [0.2, 0.25) is 0 Å². The first-order valence-electron chi connectivity index (χ1n) is 7.69. The van der Waals surface area contributed by atoms with Crippen LogP contribution < -0.4 is 0 Å². The fraction of sp³-hybridized carbons (Fsp3) is 0.0526. The van der Waals surface area contributed by atoms with Crippen molar-refractivity contribution in [1.82, 2.24) is 9.36 Å². The van der Waals surface area contributed by atoms with Crippen molar-refractivity contribution in [3.05, 3.63) is 72.3 Å². The van der Waals surface area contributed by atoms with E-state index in [2.05, 4.69) is 9.36 Å². The third kappa shape index (κ3) is 2.94. The Morgan fingerprint density at radius 2 is 1.60 bits per heavy atom. The SMILES string of the molecule is Cc1ccc(S(=O)(=O)c2nc(-c3ccc4ccccc4c3)ns2)cc1. The van der Waals surface area contributed by atoms with Gasteiger partial charge in [-0.15, -0.1) is 0 Å². The summed E-state index contributed by atoms with van der Waals surface area (Å²) in [6.07, 6.45) is 0. The van der Waals surface area contributed by atoms with Crippen LogP contribution in [-0.2, 0) is 9.84 Å². The summed E-state index contributed by atoms with van der Waals surface area (Å²) in [4.78, 5) is 4.51. The maximum Gasteiger partial charge on any atom is 0.235 e. The lowest BCUT2D eigenvalue weighted by atomic mass is 10.1. The van der Waals surface area contributed by atoms with E-state index in [1.807, 2.05) is 49.4 Å². The molecule has 4 rings (SSSR count). The zero-order valence-electron chi connectivity index (χ0n) is 13.4. The van der Waals surface area contributed by atoms with Gasteiger partial charge in [-0.3, -0.25) is 0 Å². The van der Waals surface area contributed by atoms with E-state index in [-0.39, 0.29) is 9.24 Å². The molecule has 0 spiro atoms. The topological polar surface area (TPSA) is 59.9 Å². The number of aromatic nitrogens is 2. The molecule has 0 saturated heterocycles. The molecule has 0 unspecified atom stereocenters. The van der Waals surface area contributed by atoms with E-state index in [0.717, 1.165) is 33.4 Å². The van der Waals surface area contributed by atoms with Gasteiger partial charge >= 0.3 is 0 Å². The summed E-state index contributed by atoms with van der Waals surface area (Å²) in [5, 5.41) is 2.19. The van der Waals surface area contributed by atoms with E-state index < -0.39 is 9.84 Å². The minimum atomic E-state index is -3.64. The van der Waals surface area contributed by atoms with Gasteiger partial charge < -0.3 is 0 Å². The van der Waals surface area contributed by atoms with Gasteiger partial charge in [0.2, 0.25) is 14.2 Å². The van der Waals surface area contributed by atoms with Crippen LogP contribution >= 0.6 is 11.5 Å². The monoisotopic (exact) mass is 366 g/mol. The third-order valence-electron chi connectivity index (χ3n) is 3.98. The Morgan fingerprint density at radius 1 is 0.880 bits per heavy atom. The zero-order valence-corrected chi connectivity index (χ0v) is 15.0. The molecule has 1 heterocycles. The Morgan fingerprint density at radius 3 is 2.36 bits per heavy atom. The van der Waals surface area contributed by atoms with Crippen LogP contribution in [0.4, 0.5) is 0 Å². The van der Waals surface area contributed by atoms with Gasteiger partial charge in [-0.1, -0.05) is 54.1 Å². The van der Waals surface area contributed by atoms with E-state index in [4.69, 9.17) is 0 Å². The van der Waals surface area contributed by atoms with E-state index >= 15 is 0 Å². The van der Waals surface area contributed by atoms with Crippen molar-refractivity contribution in [3.8, 4) is 11.4 Å². The van der Waals surface area contributed by atoms with Gasteiger partial charge in [-0.25, -0.2) is 13.4 Å². The van der Waals surface area contributed by atoms with Crippen molar-refractivity contribution in [2.24, 2.45) is 0 Å². The van der Waals surface area contributed by atoms with Gasteiger partial charge in [-0.05, 0) is 47.4 Å². The quantitative estimate of drug-likeness (QED) is 0.536. The number of hydrogen-bond acceptors (Lipinski definition) is 5. The highest BCUT2D eigenvalue weighted by molar-refractivity contribution is 7.93. The standard InChI is InChI=1S/C19H14N2O2S2/c1-13-6-10-17(11-7-13)25(22,23)19-20-18(21-24-19)16-9-8-14-4-2-3-5-15(14)12-16/h2-12H,1H3. The summed E-state index contributed by atoms with van der Waals surface area (Å²) in [6.45, 7) is 1.92. The molecule has 0 amide bonds. The number of rotatable bonds is 3. The Hall–Kier alpha value is -2.57. The molecule has 0 aliphatic carbocycles. The molecule has 0 aliphatic heterocycles. The van der Waals surface area contributed by atoms with Crippen molar-refractivity contribution >= 4 is 32.1 Å². The highest BCUT2D eigenvalue weighted by Gasteiger charge is 2.23.